The maximum absolute atomic E-state index is 10.6. The molecule has 2 heterocycles. The van der Waals surface area contributed by atoms with E-state index in [0.717, 1.165) is 65.1 Å². The van der Waals surface area contributed by atoms with Gasteiger partial charge in [-0.25, -0.2) is 9.97 Å². The Morgan fingerprint density at radius 2 is 1.34 bits per heavy atom. The van der Waals surface area contributed by atoms with Gasteiger partial charge in [0, 0.05) is 11.0 Å². The van der Waals surface area contributed by atoms with Crippen LogP contribution in [0.5, 0.6) is 5.75 Å². The van der Waals surface area contributed by atoms with Crippen molar-refractivity contribution in [1.82, 2.24) is 14.5 Å². The Kier molecular flexibility index (Phi) is 6.90. The summed E-state index contributed by atoms with van der Waals surface area (Å²) in [4.78, 5) is 10.8. The molecule has 7 aromatic rings. The zero-order valence-corrected chi connectivity index (χ0v) is 29.2. The first-order chi connectivity index (χ1) is 24.2. The van der Waals surface area contributed by atoms with Crippen LogP contribution in [0.15, 0.2) is 121 Å². The molecule has 0 radical (unpaired) electrons. The predicted octanol–water partition coefficient (Wildman–Crippen LogP) is 10.3. The second-order valence-corrected chi connectivity index (χ2v) is 15.2. The Morgan fingerprint density at radius 1 is 0.660 bits per heavy atom. The number of fused-ring (bicyclic) bond motifs is 4. The lowest BCUT2D eigenvalue weighted by Crippen LogP contribution is -2.21. The lowest BCUT2D eigenvalue weighted by molar-refractivity contribution is 0.327. The van der Waals surface area contributed by atoms with Crippen molar-refractivity contribution in [2.45, 2.75) is 58.8 Å². The van der Waals surface area contributed by atoms with E-state index in [1.165, 1.54) is 44.6 Å². The Morgan fingerprint density at radius 3 is 2.10 bits per heavy atom. The Balaban J connectivity index is 1.19. The first-order valence-corrected chi connectivity index (χ1v) is 17.7. The first-order valence-electron chi connectivity index (χ1n) is 17.7. The summed E-state index contributed by atoms with van der Waals surface area (Å²) in [6, 6.07) is 42.5. The Labute approximate surface area is 294 Å². The van der Waals surface area contributed by atoms with Gasteiger partial charge in [0.2, 0.25) is 0 Å². The largest absolute Gasteiger partial charge is 0.507 e. The molecule has 0 atom stereocenters. The number of nitrogens with zero attached hydrogens (tertiary/aromatic N) is 3. The van der Waals surface area contributed by atoms with Crippen molar-refractivity contribution in [3.05, 3.63) is 166 Å². The molecule has 0 bridgehead atoms. The van der Waals surface area contributed by atoms with E-state index in [-0.39, 0.29) is 11.2 Å². The maximum atomic E-state index is 10.6. The summed E-state index contributed by atoms with van der Waals surface area (Å²) in [7, 11) is 0. The fourth-order valence-electron chi connectivity index (χ4n) is 8.90. The van der Waals surface area contributed by atoms with E-state index in [9.17, 15) is 5.11 Å². The minimum absolute atomic E-state index is 0.226. The molecule has 2 aliphatic rings. The van der Waals surface area contributed by atoms with Gasteiger partial charge in [0.1, 0.15) is 11.4 Å². The molecule has 4 heteroatoms. The predicted molar refractivity (Wildman–Crippen MR) is 203 cm³/mol. The molecule has 4 nitrogen and oxygen atoms in total. The Hall–Kier alpha value is -5.48. The van der Waals surface area contributed by atoms with Gasteiger partial charge in [0.25, 0.3) is 0 Å². The molecule has 246 valence electrons. The summed E-state index contributed by atoms with van der Waals surface area (Å²) in [5.41, 5.74) is 16.4. The van der Waals surface area contributed by atoms with Gasteiger partial charge in [0.15, 0.2) is 5.82 Å². The highest BCUT2D eigenvalue weighted by molar-refractivity contribution is 5.88. The number of pyridine rings is 1. The molecular weight excluding hydrogens is 611 g/mol. The van der Waals surface area contributed by atoms with Gasteiger partial charge >= 0.3 is 0 Å². The molecule has 5 aromatic carbocycles. The monoisotopic (exact) mass is 651 g/mol. The number of hydrogen-bond donors (Lipinski definition) is 1. The van der Waals surface area contributed by atoms with Gasteiger partial charge in [-0.1, -0.05) is 111 Å². The number of imidazole rings is 1. The second kappa shape index (κ2) is 11.3. The third kappa shape index (κ3) is 4.80. The van der Waals surface area contributed by atoms with E-state index in [1.807, 2.05) is 18.2 Å². The number of phenols is 1. The van der Waals surface area contributed by atoms with Crippen LogP contribution >= 0.6 is 0 Å². The van der Waals surface area contributed by atoms with E-state index in [1.54, 1.807) is 6.07 Å². The van der Waals surface area contributed by atoms with Crippen molar-refractivity contribution < 1.29 is 5.11 Å². The van der Waals surface area contributed by atoms with Crippen LogP contribution in [-0.2, 0) is 31.1 Å². The highest BCUT2D eigenvalue weighted by atomic mass is 16.3. The average Bonchev–Trinajstić information content (AvgIpc) is 3.80. The maximum Gasteiger partial charge on any atom is 0.164 e. The molecule has 9 rings (SSSR count). The second-order valence-electron chi connectivity index (χ2n) is 15.2. The van der Waals surface area contributed by atoms with Crippen LogP contribution < -0.4 is 0 Å². The third-order valence-corrected chi connectivity index (χ3v) is 11.5. The Bertz CT molecular complexity index is 2420. The fraction of sp³-hybridized carbons (Fsp3) is 0.217. The van der Waals surface area contributed by atoms with Crippen molar-refractivity contribution in [1.29, 1.82) is 0 Å². The fourth-order valence-corrected chi connectivity index (χ4v) is 8.90. The van der Waals surface area contributed by atoms with Gasteiger partial charge < -0.3 is 5.11 Å². The topological polar surface area (TPSA) is 50.9 Å². The van der Waals surface area contributed by atoms with Crippen LogP contribution in [-0.4, -0.2) is 19.6 Å². The summed E-state index contributed by atoms with van der Waals surface area (Å²) in [6.07, 6.45) is 4.42. The molecule has 1 N–H and O–H groups in total. The van der Waals surface area contributed by atoms with Gasteiger partial charge in [0.05, 0.1) is 22.4 Å². The number of aromatic hydroxyl groups is 1. The molecule has 0 saturated heterocycles. The smallest absolute Gasteiger partial charge is 0.164 e. The average molecular weight is 652 g/mol. The number of benzene rings is 5. The first kappa shape index (κ1) is 30.6. The molecule has 0 amide bonds. The minimum Gasteiger partial charge on any atom is -0.507 e. The molecule has 2 aliphatic carbocycles. The molecule has 0 fully saturated rings. The van der Waals surface area contributed by atoms with Crippen molar-refractivity contribution in [3.63, 3.8) is 0 Å². The minimum atomic E-state index is -0.406. The van der Waals surface area contributed by atoms with E-state index >= 15 is 0 Å². The summed E-state index contributed by atoms with van der Waals surface area (Å²) in [5.74, 6) is 1.16. The molecular formula is C46H41N3O. The van der Waals surface area contributed by atoms with Crippen molar-refractivity contribution in [3.8, 4) is 34.1 Å². The van der Waals surface area contributed by atoms with Crippen LogP contribution in [0.4, 0.5) is 0 Å². The molecule has 0 saturated carbocycles. The normalized spacial score (nSPS) is 14.7. The number of hydrogen-bond acceptors (Lipinski definition) is 3. The van der Waals surface area contributed by atoms with Crippen LogP contribution in [0.25, 0.3) is 39.4 Å². The summed E-state index contributed by atoms with van der Waals surface area (Å²) < 4.78 is 2.43. The number of para-hydroxylation sites is 2. The van der Waals surface area contributed by atoms with Gasteiger partial charge in [-0.15, -0.1) is 0 Å². The molecule has 0 aliphatic heterocycles. The molecule has 50 heavy (non-hydrogen) atoms. The summed E-state index contributed by atoms with van der Waals surface area (Å²) >= 11 is 0. The van der Waals surface area contributed by atoms with E-state index in [4.69, 9.17) is 9.97 Å². The lowest BCUT2D eigenvalue weighted by atomic mass is 9.80. The molecule has 2 aromatic heterocycles. The SMILES string of the molecule is Cc1cccc(C)c1-n1c(-c2cccc(C(C)(C)c3cccc(-c4ccccc4O)c3)n2)nc2ccc3c(c21)CC1(Cc2ccccc2C1)C3. The van der Waals surface area contributed by atoms with Gasteiger partial charge in [-0.3, -0.25) is 4.57 Å². The van der Waals surface area contributed by atoms with E-state index in [0.29, 0.717) is 0 Å². The highest BCUT2D eigenvalue weighted by Crippen LogP contribution is 2.50. The summed E-state index contributed by atoms with van der Waals surface area (Å²) in [6.45, 7) is 8.87. The van der Waals surface area contributed by atoms with Gasteiger partial charge in [-0.05, 0) is 114 Å². The zero-order valence-electron chi connectivity index (χ0n) is 29.2. The molecule has 1 spiro atoms. The van der Waals surface area contributed by atoms with E-state index < -0.39 is 5.41 Å². The van der Waals surface area contributed by atoms with Crippen molar-refractivity contribution >= 4 is 11.0 Å². The van der Waals surface area contributed by atoms with Crippen LogP contribution in [0, 0.1) is 19.3 Å². The quantitative estimate of drug-likeness (QED) is 0.202. The standard InChI is InChI=1S/C46H41N3O/c1-29-12-9-13-30(2)42(29)49-43-37-28-46(25-32-14-5-6-15-33(32)26-46)27-34(37)22-23-38(43)48-44(49)39-19-11-21-41(47-39)45(3,4)35-17-10-16-31(24-35)36-18-7-8-20-40(36)50/h5-24,50H,25-28H2,1-4H3. The van der Waals surface area contributed by atoms with Gasteiger partial charge in [-0.2, -0.15) is 0 Å². The summed E-state index contributed by atoms with van der Waals surface area (Å²) in [5, 5.41) is 10.6. The zero-order chi connectivity index (χ0) is 34.2. The third-order valence-electron chi connectivity index (χ3n) is 11.5. The van der Waals surface area contributed by atoms with Crippen LogP contribution in [0.3, 0.4) is 0 Å². The highest BCUT2D eigenvalue weighted by Gasteiger charge is 2.43. The van der Waals surface area contributed by atoms with Crippen LogP contribution in [0.2, 0.25) is 0 Å². The number of aryl methyl sites for hydroxylation is 2. The van der Waals surface area contributed by atoms with E-state index in [2.05, 4.69) is 129 Å². The van der Waals surface area contributed by atoms with Crippen molar-refractivity contribution in [2.75, 3.05) is 0 Å². The number of phenolic OH excluding ortho intramolecular Hbond substituents is 1. The van der Waals surface area contributed by atoms with Crippen LogP contribution in [0.1, 0.15) is 58.5 Å². The van der Waals surface area contributed by atoms with Crippen molar-refractivity contribution in [2.24, 2.45) is 5.41 Å². The lowest BCUT2D eigenvalue weighted by Gasteiger charge is -2.26. The number of rotatable bonds is 5. The molecule has 0 unspecified atom stereocenters. The number of aromatic nitrogens is 3.